The zero-order chi connectivity index (χ0) is 13.1. The lowest BCUT2D eigenvalue weighted by atomic mass is 10.2. The molecule has 1 atom stereocenters. The number of rotatable bonds is 3. The number of amides is 2. The van der Waals surface area contributed by atoms with Crippen molar-refractivity contribution in [2.24, 2.45) is 0 Å². The summed E-state index contributed by atoms with van der Waals surface area (Å²) < 4.78 is 5.19. The summed E-state index contributed by atoms with van der Waals surface area (Å²) in [6.45, 7) is 2.90. The van der Waals surface area contributed by atoms with Gasteiger partial charge in [-0.25, -0.2) is 0 Å². The number of piperazine rings is 1. The zero-order valence-corrected chi connectivity index (χ0v) is 10.5. The average molecular weight is 251 g/mol. The molecule has 0 spiro atoms. The Labute approximate surface area is 105 Å². The maximum Gasteiger partial charge on any atom is 0.241 e. The molecule has 1 saturated heterocycles. The summed E-state index contributed by atoms with van der Waals surface area (Å²) in [5, 5.41) is 5.59. The molecule has 1 fully saturated rings. The third-order valence-corrected chi connectivity index (χ3v) is 3.06. The highest BCUT2D eigenvalue weighted by Crippen LogP contribution is 2.11. The Morgan fingerprint density at radius 2 is 2.39 bits per heavy atom. The van der Waals surface area contributed by atoms with E-state index in [-0.39, 0.29) is 24.4 Å². The Morgan fingerprint density at radius 3 is 2.94 bits per heavy atom. The van der Waals surface area contributed by atoms with Crippen molar-refractivity contribution in [2.75, 3.05) is 20.1 Å². The van der Waals surface area contributed by atoms with E-state index in [0.717, 1.165) is 11.3 Å². The van der Waals surface area contributed by atoms with Crippen molar-refractivity contribution < 1.29 is 14.0 Å². The van der Waals surface area contributed by atoms with Gasteiger partial charge in [-0.05, 0) is 13.0 Å². The molecule has 1 aromatic rings. The second-order valence-corrected chi connectivity index (χ2v) is 4.43. The van der Waals surface area contributed by atoms with E-state index >= 15 is 0 Å². The van der Waals surface area contributed by atoms with E-state index in [9.17, 15) is 9.59 Å². The Hall–Kier alpha value is -1.82. The minimum Gasteiger partial charge on any atom is -0.469 e. The van der Waals surface area contributed by atoms with E-state index in [1.54, 1.807) is 18.2 Å². The van der Waals surface area contributed by atoms with Gasteiger partial charge in [-0.2, -0.15) is 0 Å². The number of aryl methyl sites for hydroxylation is 1. The van der Waals surface area contributed by atoms with Gasteiger partial charge in [-0.15, -0.1) is 0 Å². The molecule has 98 valence electrons. The molecule has 6 heteroatoms. The van der Waals surface area contributed by atoms with Crippen molar-refractivity contribution in [3.05, 3.63) is 23.7 Å². The number of nitrogens with one attached hydrogen (secondary N) is 2. The number of nitrogens with zero attached hydrogens (tertiary/aromatic N) is 1. The Bertz CT molecular complexity index is 445. The van der Waals surface area contributed by atoms with Crippen LogP contribution in [0.5, 0.6) is 0 Å². The van der Waals surface area contributed by atoms with E-state index in [4.69, 9.17) is 4.42 Å². The minimum atomic E-state index is -0.347. The van der Waals surface area contributed by atoms with Crippen LogP contribution in [0.4, 0.5) is 0 Å². The normalized spacial score (nSPS) is 19.4. The largest absolute Gasteiger partial charge is 0.469 e. The molecule has 6 nitrogen and oxygen atoms in total. The van der Waals surface area contributed by atoms with Crippen LogP contribution >= 0.6 is 0 Å². The van der Waals surface area contributed by atoms with Crippen LogP contribution in [0.3, 0.4) is 0 Å². The summed E-state index contributed by atoms with van der Waals surface area (Å²) in [5.41, 5.74) is 0.991. The lowest BCUT2D eigenvalue weighted by molar-refractivity contribution is -0.134. The molecular formula is C12H17N3O3. The molecule has 18 heavy (non-hydrogen) atoms. The van der Waals surface area contributed by atoms with Gasteiger partial charge in [-0.3, -0.25) is 14.9 Å². The summed E-state index contributed by atoms with van der Waals surface area (Å²) in [4.78, 5) is 24.7. The summed E-state index contributed by atoms with van der Waals surface area (Å²) in [7, 11) is 1.74. The number of hydrogen-bond donors (Lipinski definition) is 2. The van der Waals surface area contributed by atoms with Crippen molar-refractivity contribution >= 4 is 11.8 Å². The molecule has 2 N–H and O–H groups in total. The molecule has 2 amide bonds. The summed E-state index contributed by atoms with van der Waals surface area (Å²) in [6.07, 6.45) is 1.61. The molecule has 2 rings (SSSR count). The monoisotopic (exact) mass is 251 g/mol. The first-order valence-corrected chi connectivity index (χ1v) is 5.86. The molecule has 1 aliphatic heterocycles. The number of hydrogen-bond acceptors (Lipinski definition) is 4. The average Bonchev–Trinajstić information content (AvgIpc) is 2.75. The van der Waals surface area contributed by atoms with Gasteiger partial charge < -0.3 is 14.6 Å². The van der Waals surface area contributed by atoms with Crippen LogP contribution in [0.2, 0.25) is 0 Å². The molecule has 1 aliphatic rings. The zero-order valence-electron chi connectivity index (χ0n) is 10.5. The second kappa shape index (κ2) is 5.22. The fourth-order valence-corrected chi connectivity index (χ4v) is 1.92. The lowest BCUT2D eigenvalue weighted by Gasteiger charge is -2.27. The van der Waals surface area contributed by atoms with Crippen LogP contribution in [0.25, 0.3) is 0 Å². The standard InChI is InChI=1S/C12H17N3O3/c1-8-9(3-4-18-8)7-15(2)12(17)10-5-14-11(16)6-13-10/h3-4,10,13H,5-7H2,1-2H3,(H,14,16). The fraction of sp³-hybridized carbons (Fsp3) is 0.500. The highest BCUT2D eigenvalue weighted by Gasteiger charge is 2.26. The summed E-state index contributed by atoms with van der Waals surface area (Å²) in [6, 6.07) is 1.51. The van der Waals surface area contributed by atoms with Crippen LogP contribution in [0.15, 0.2) is 16.7 Å². The third-order valence-electron chi connectivity index (χ3n) is 3.06. The number of likely N-dealkylation sites (N-methyl/N-ethyl adjacent to an activating group) is 1. The van der Waals surface area contributed by atoms with Gasteiger partial charge in [0.15, 0.2) is 0 Å². The van der Waals surface area contributed by atoms with Gasteiger partial charge in [0, 0.05) is 25.7 Å². The number of carbonyl (C=O) groups is 2. The predicted molar refractivity (Wildman–Crippen MR) is 64.7 cm³/mol. The van der Waals surface area contributed by atoms with Gasteiger partial charge in [-0.1, -0.05) is 0 Å². The van der Waals surface area contributed by atoms with Crippen LogP contribution < -0.4 is 10.6 Å². The van der Waals surface area contributed by atoms with Crippen molar-refractivity contribution in [1.82, 2.24) is 15.5 Å². The maximum absolute atomic E-state index is 12.1. The highest BCUT2D eigenvalue weighted by molar-refractivity contribution is 5.86. The van der Waals surface area contributed by atoms with Crippen molar-refractivity contribution in [2.45, 2.75) is 19.5 Å². The minimum absolute atomic E-state index is 0.0319. The SMILES string of the molecule is Cc1occc1CN(C)C(=O)C1CNC(=O)CN1. The van der Waals surface area contributed by atoms with E-state index in [2.05, 4.69) is 10.6 Å². The van der Waals surface area contributed by atoms with Gasteiger partial charge in [0.2, 0.25) is 11.8 Å². The molecule has 1 unspecified atom stereocenters. The number of furan rings is 1. The topological polar surface area (TPSA) is 74.6 Å². The Morgan fingerprint density at radius 1 is 1.61 bits per heavy atom. The van der Waals surface area contributed by atoms with Gasteiger partial charge in [0.05, 0.1) is 12.8 Å². The van der Waals surface area contributed by atoms with E-state index in [1.807, 2.05) is 13.0 Å². The van der Waals surface area contributed by atoms with Crippen molar-refractivity contribution in [1.29, 1.82) is 0 Å². The van der Waals surface area contributed by atoms with Crippen LogP contribution in [-0.4, -0.2) is 42.9 Å². The summed E-state index contributed by atoms with van der Waals surface area (Å²) in [5.74, 6) is 0.711. The maximum atomic E-state index is 12.1. The molecule has 0 radical (unpaired) electrons. The second-order valence-electron chi connectivity index (χ2n) is 4.43. The predicted octanol–water partition coefficient (Wildman–Crippen LogP) is -0.366. The van der Waals surface area contributed by atoms with Crippen molar-refractivity contribution in [3.8, 4) is 0 Å². The Kier molecular flexibility index (Phi) is 3.66. The van der Waals surface area contributed by atoms with E-state index < -0.39 is 0 Å². The smallest absolute Gasteiger partial charge is 0.241 e. The molecule has 0 bridgehead atoms. The molecule has 1 aromatic heterocycles. The van der Waals surface area contributed by atoms with Gasteiger partial charge >= 0.3 is 0 Å². The number of carbonyl (C=O) groups excluding carboxylic acids is 2. The molecule has 2 heterocycles. The third kappa shape index (κ3) is 2.70. The molecule has 0 aromatic carbocycles. The summed E-state index contributed by atoms with van der Waals surface area (Å²) >= 11 is 0. The quantitative estimate of drug-likeness (QED) is 0.769. The lowest BCUT2D eigenvalue weighted by Crippen LogP contribution is -2.58. The molecule has 0 saturated carbocycles. The first-order valence-electron chi connectivity index (χ1n) is 5.86. The Balaban J connectivity index is 1.92. The fourth-order valence-electron chi connectivity index (χ4n) is 1.92. The highest BCUT2D eigenvalue weighted by atomic mass is 16.3. The van der Waals surface area contributed by atoms with Crippen LogP contribution in [0, 0.1) is 6.92 Å². The van der Waals surface area contributed by atoms with E-state index in [0.29, 0.717) is 13.1 Å². The van der Waals surface area contributed by atoms with Crippen LogP contribution in [-0.2, 0) is 16.1 Å². The molecule has 0 aliphatic carbocycles. The first-order chi connectivity index (χ1) is 8.58. The van der Waals surface area contributed by atoms with Gasteiger partial charge in [0.1, 0.15) is 11.8 Å². The van der Waals surface area contributed by atoms with E-state index in [1.165, 1.54) is 0 Å². The van der Waals surface area contributed by atoms with Crippen LogP contribution in [0.1, 0.15) is 11.3 Å². The van der Waals surface area contributed by atoms with Gasteiger partial charge in [0.25, 0.3) is 0 Å². The molecular weight excluding hydrogens is 234 g/mol. The first kappa shape index (κ1) is 12.6. The van der Waals surface area contributed by atoms with Crippen molar-refractivity contribution in [3.63, 3.8) is 0 Å².